The molecule has 0 aliphatic carbocycles. The summed E-state index contributed by atoms with van der Waals surface area (Å²) in [5.41, 5.74) is 1.92. The van der Waals surface area contributed by atoms with Crippen LogP contribution in [0.2, 0.25) is 5.02 Å². The second-order valence-corrected chi connectivity index (χ2v) is 4.83. The number of benzene rings is 1. The van der Waals surface area contributed by atoms with Crippen molar-refractivity contribution in [2.45, 2.75) is 5.92 Å². The van der Waals surface area contributed by atoms with Crippen molar-refractivity contribution in [3.05, 3.63) is 82.4 Å². The lowest BCUT2D eigenvalue weighted by Crippen LogP contribution is -2.07. The van der Waals surface area contributed by atoms with Crippen molar-refractivity contribution in [2.24, 2.45) is 0 Å². The van der Waals surface area contributed by atoms with Gasteiger partial charge >= 0.3 is 0 Å². The Kier molecular flexibility index (Phi) is 3.32. The molecule has 2 nitrogen and oxygen atoms in total. The maximum absolute atomic E-state index is 14.3. The summed E-state index contributed by atoms with van der Waals surface area (Å²) in [6.45, 7) is 0. The zero-order chi connectivity index (χ0) is 14.1. The van der Waals surface area contributed by atoms with Crippen LogP contribution in [0, 0.1) is 11.6 Å². The van der Waals surface area contributed by atoms with Gasteiger partial charge in [0.25, 0.3) is 0 Å². The molecule has 0 atom stereocenters. The Morgan fingerprint density at radius 1 is 0.900 bits per heavy atom. The maximum Gasteiger partial charge on any atom is 0.149 e. The van der Waals surface area contributed by atoms with Gasteiger partial charge in [-0.15, -0.1) is 0 Å². The minimum Gasteiger partial charge on any atom is -0.364 e. The number of halogens is 3. The molecule has 0 spiro atoms. The predicted octanol–water partition coefficient (Wildman–Crippen LogP) is 4.45. The van der Waals surface area contributed by atoms with Gasteiger partial charge in [0.05, 0.1) is 5.92 Å². The van der Waals surface area contributed by atoms with E-state index in [4.69, 9.17) is 11.6 Å². The summed E-state index contributed by atoms with van der Waals surface area (Å²) in [4.78, 5) is 6.12. The highest BCUT2D eigenvalue weighted by molar-refractivity contribution is 6.31. The van der Waals surface area contributed by atoms with Crippen LogP contribution in [0.1, 0.15) is 22.9 Å². The van der Waals surface area contributed by atoms with Gasteiger partial charge in [-0.3, -0.25) is 0 Å². The van der Waals surface area contributed by atoms with E-state index in [-0.39, 0.29) is 0 Å². The van der Waals surface area contributed by atoms with Crippen molar-refractivity contribution >= 4 is 11.6 Å². The number of rotatable bonds is 3. The lowest BCUT2D eigenvalue weighted by atomic mass is 9.92. The van der Waals surface area contributed by atoms with E-state index in [0.29, 0.717) is 5.56 Å². The number of hydrogen-bond donors (Lipinski definition) is 2. The molecule has 3 aromatic rings. The first-order chi connectivity index (χ1) is 9.68. The largest absolute Gasteiger partial charge is 0.364 e. The summed E-state index contributed by atoms with van der Waals surface area (Å²) in [7, 11) is 0. The highest BCUT2D eigenvalue weighted by Crippen LogP contribution is 2.34. The van der Waals surface area contributed by atoms with E-state index in [1.165, 1.54) is 12.1 Å². The van der Waals surface area contributed by atoms with E-state index in [1.54, 1.807) is 12.4 Å². The Morgan fingerprint density at radius 2 is 1.50 bits per heavy atom. The molecular weight excluding hydrogens is 282 g/mol. The van der Waals surface area contributed by atoms with E-state index in [1.807, 2.05) is 24.3 Å². The van der Waals surface area contributed by atoms with Gasteiger partial charge in [-0.05, 0) is 30.3 Å². The zero-order valence-electron chi connectivity index (χ0n) is 10.3. The van der Waals surface area contributed by atoms with E-state index >= 15 is 0 Å². The Bertz CT molecular complexity index is 672. The summed E-state index contributed by atoms with van der Waals surface area (Å²) < 4.78 is 27.6. The second-order valence-electron chi connectivity index (χ2n) is 4.45. The van der Waals surface area contributed by atoms with Crippen LogP contribution in [0.4, 0.5) is 8.78 Å². The lowest BCUT2D eigenvalue weighted by Gasteiger charge is -2.17. The fourth-order valence-electron chi connectivity index (χ4n) is 2.31. The molecule has 0 aliphatic rings. The van der Waals surface area contributed by atoms with E-state index in [0.717, 1.165) is 11.4 Å². The minimum atomic E-state index is -0.760. The van der Waals surface area contributed by atoms with Crippen LogP contribution >= 0.6 is 11.6 Å². The van der Waals surface area contributed by atoms with Crippen LogP contribution in [0.5, 0.6) is 0 Å². The third kappa shape index (κ3) is 2.12. The van der Waals surface area contributed by atoms with Crippen LogP contribution in [0.3, 0.4) is 0 Å². The van der Waals surface area contributed by atoms with Crippen LogP contribution in [0.25, 0.3) is 0 Å². The summed E-state index contributed by atoms with van der Waals surface area (Å²) in [5.74, 6) is -1.89. The van der Waals surface area contributed by atoms with E-state index in [9.17, 15) is 8.78 Å². The number of aromatic amines is 2. The Balaban J connectivity index is 2.19. The molecule has 0 bridgehead atoms. The Hall–Kier alpha value is -2.07. The molecule has 0 radical (unpaired) electrons. The quantitative estimate of drug-likeness (QED) is 0.668. The van der Waals surface area contributed by atoms with Crippen molar-refractivity contribution in [2.75, 3.05) is 0 Å². The van der Waals surface area contributed by atoms with Gasteiger partial charge in [-0.2, -0.15) is 0 Å². The molecule has 0 saturated carbocycles. The first-order valence-corrected chi connectivity index (χ1v) is 6.46. The molecule has 1 aromatic carbocycles. The molecule has 2 aromatic heterocycles. The monoisotopic (exact) mass is 292 g/mol. The molecule has 20 heavy (non-hydrogen) atoms. The average Bonchev–Trinajstić information content (AvgIpc) is 3.12. The van der Waals surface area contributed by atoms with Crippen molar-refractivity contribution < 1.29 is 8.78 Å². The van der Waals surface area contributed by atoms with Crippen molar-refractivity contribution in [1.29, 1.82) is 0 Å². The zero-order valence-corrected chi connectivity index (χ0v) is 11.1. The topological polar surface area (TPSA) is 31.6 Å². The number of hydrogen-bond acceptors (Lipinski definition) is 0. The molecule has 0 aliphatic heterocycles. The van der Waals surface area contributed by atoms with Gasteiger partial charge in [0, 0.05) is 29.3 Å². The third-order valence-corrected chi connectivity index (χ3v) is 3.59. The normalized spacial score (nSPS) is 11.2. The van der Waals surface area contributed by atoms with Gasteiger partial charge in [0.2, 0.25) is 0 Å². The molecule has 3 rings (SSSR count). The molecule has 0 fully saturated rings. The Labute approximate surface area is 119 Å². The van der Waals surface area contributed by atoms with Crippen LogP contribution in [-0.4, -0.2) is 9.97 Å². The molecule has 5 heteroatoms. The van der Waals surface area contributed by atoms with E-state index in [2.05, 4.69) is 9.97 Å². The summed E-state index contributed by atoms with van der Waals surface area (Å²) in [5, 5.41) is -0.481. The number of H-pyrrole nitrogens is 2. The van der Waals surface area contributed by atoms with Crippen molar-refractivity contribution in [3.8, 4) is 0 Å². The highest BCUT2D eigenvalue weighted by atomic mass is 35.5. The standard InChI is InChI=1S/C15H11ClF2N2/c16-14-10(17)6-5-9(15(14)18)13(11-3-1-7-19-11)12-4-2-8-20-12/h1-8,13,19-20H. The second kappa shape index (κ2) is 5.13. The third-order valence-electron chi connectivity index (χ3n) is 3.24. The van der Waals surface area contributed by atoms with Crippen LogP contribution < -0.4 is 0 Å². The molecule has 102 valence electrons. The molecule has 2 N–H and O–H groups in total. The molecular formula is C15H11ClF2N2. The van der Waals surface area contributed by atoms with Gasteiger partial charge in [-0.1, -0.05) is 17.7 Å². The molecule has 0 amide bonds. The van der Waals surface area contributed by atoms with Crippen LogP contribution in [0.15, 0.2) is 48.8 Å². The molecule has 0 saturated heterocycles. The highest BCUT2D eigenvalue weighted by Gasteiger charge is 2.24. The maximum atomic E-state index is 14.3. The van der Waals surface area contributed by atoms with E-state index < -0.39 is 22.6 Å². The fraction of sp³-hybridized carbons (Fsp3) is 0.0667. The SMILES string of the molecule is Fc1ccc(C(c2ccc[nH]2)c2ccc[nH]2)c(F)c1Cl. The fourth-order valence-corrected chi connectivity index (χ4v) is 2.49. The first-order valence-electron chi connectivity index (χ1n) is 6.08. The van der Waals surface area contributed by atoms with Crippen molar-refractivity contribution in [1.82, 2.24) is 9.97 Å². The first kappa shape index (κ1) is 12.9. The summed E-state index contributed by atoms with van der Waals surface area (Å²) in [6.07, 6.45) is 3.52. The summed E-state index contributed by atoms with van der Waals surface area (Å²) >= 11 is 5.68. The minimum absolute atomic E-state index is 0.321. The number of nitrogens with one attached hydrogen (secondary N) is 2. The van der Waals surface area contributed by atoms with Gasteiger partial charge in [0.1, 0.15) is 16.7 Å². The van der Waals surface area contributed by atoms with Gasteiger partial charge in [0.15, 0.2) is 0 Å². The lowest BCUT2D eigenvalue weighted by molar-refractivity contribution is 0.569. The molecule has 0 unspecified atom stereocenters. The summed E-state index contributed by atoms with van der Waals surface area (Å²) in [6, 6.07) is 9.95. The number of aromatic nitrogens is 2. The smallest absolute Gasteiger partial charge is 0.149 e. The van der Waals surface area contributed by atoms with Gasteiger partial charge in [-0.25, -0.2) is 8.78 Å². The average molecular weight is 293 g/mol. The predicted molar refractivity (Wildman–Crippen MR) is 73.9 cm³/mol. The molecule has 2 heterocycles. The van der Waals surface area contributed by atoms with Crippen LogP contribution in [-0.2, 0) is 0 Å². The van der Waals surface area contributed by atoms with Crippen molar-refractivity contribution in [3.63, 3.8) is 0 Å². The Morgan fingerprint density at radius 3 is 2.00 bits per heavy atom. The van der Waals surface area contributed by atoms with Gasteiger partial charge < -0.3 is 9.97 Å².